The standard InChI is InChI=1S/C16H11ClF3N3O6/c17-11-3-1-9(23(26)27)7-13(11)28-8-10-2-4-12(29-10)14(24)22-15(25,5-6-21-22)16(18,19)20/h1-4,6-7,25H,5,8H2/t15-/m1/s1. The molecular weight excluding hydrogens is 423 g/mol. The second kappa shape index (κ2) is 7.37. The summed E-state index contributed by atoms with van der Waals surface area (Å²) in [6.07, 6.45) is -5.27. The van der Waals surface area contributed by atoms with E-state index in [9.17, 15) is 33.2 Å². The maximum Gasteiger partial charge on any atom is 0.438 e. The second-order valence-corrected chi connectivity index (χ2v) is 6.27. The Morgan fingerprint density at radius 3 is 2.79 bits per heavy atom. The topological polar surface area (TPSA) is 118 Å². The van der Waals surface area contributed by atoms with Crippen molar-refractivity contribution in [3.05, 3.63) is 57.0 Å². The van der Waals surface area contributed by atoms with Crippen LogP contribution in [-0.2, 0) is 6.61 Å². The molecule has 29 heavy (non-hydrogen) atoms. The molecule has 0 bridgehead atoms. The molecule has 0 saturated carbocycles. The first kappa shape index (κ1) is 20.6. The average molecular weight is 434 g/mol. The monoisotopic (exact) mass is 433 g/mol. The number of halogens is 4. The largest absolute Gasteiger partial charge is 0.484 e. The zero-order chi connectivity index (χ0) is 21.4. The minimum Gasteiger partial charge on any atom is -0.484 e. The molecule has 1 atom stereocenters. The number of carbonyl (C=O) groups is 1. The van der Waals surface area contributed by atoms with Crippen molar-refractivity contribution in [1.82, 2.24) is 5.01 Å². The lowest BCUT2D eigenvalue weighted by molar-refractivity contribution is -0.384. The normalized spacial score (nSPS) is 18.9. The third-order valence-electron chi connectivity index (χ3n) is 3.94. The summed E-state index contributed by atoms with van der Waals surface area (Å²) in [5, 5.41) is 23.9. The Hall–Kier alpha value is -3.12. The Morgan fingerprint density at radius 1 is 1.41 bits per heavy atom. The molecule has 0 saturated heterocycles. The number of carbonyl (C=O) groups excluding carboxylic acids is 1. The van der Waals surface area contributed by atoms with Gasteiger partial charge < -0.3 is 14.3 Å². The fourth-order valence-electron chi connectivity index (χ4n) is 2.43. The van der Waals surface area contributed by atoms with Crippen LogP contribution in [0.5, 0.6) is 5.75 Å². The van der Waals surface area contributed by atoms with Gasteiger partial charge in [0.15, 0.2) is 5.76 Å². The summed E-state index contributed by atoms with van der Waals surface area (Å²) in [5.41, 5.74) is -3.73. The Bertz CT molecular complexity index is 993. The van der Waals surface area contributed by atoms with Crippen molar-refractivity contribution >= 4 is 29.4 Å². The van der Waals surface area contributed by atoms with E-state index in [1.807, 2.05) is 0 Å². The number of ether oxygens (including phenoxy) is 1. The molecule has 1 aromatic carbocycles. The van der Waals surface area contributed by atoms with Crippen LogP contribution in [0.1, 0.15) is 22.7 Å². The second-order valence-electron chi connectivity index (χ2n) is 5.86. The van der Waals surface area contributed by atoms with Crippen LogP contribution in [0.2, 0.25) is 5.02 Å². The summed E-state index contributed by atoms with van der Waals surface area (Å²) in [6.45, 7) is -0.318. The Kier molecular flexibility index (Phi) is 5.24. The molecule has 1 aliphatic heterocycles. The number of hydrogen-bond donors (Lipinski definition) is 1. The maximum atomic E-state index is 13.1. The van der Waals surface area contributed by atoms with Gasteiger partial charge in [0, 0.05) is 18.7 Å². The van der Waals surface area contributed by atoms with Crippen LogP contribution in [0, 0.1) is 10.1 Å². The lowest BCUT2D eigenvalue weighted by Gasteiger charge is -2.31. The van der Waals surface area contributed by atoms with Crippen molar-refractivity contribution in [2.75, 3.05) is 0 Å². The van der Waals surface area contributed by atoms with Gasteiger partial charge in [0.25, 0.3) is 11.4 Å². The van der Waals surface area contributed by atoms with E-state index in [-0.39, 0.29) is 33.8 Å². The summed E-state index contributed by atoms with van der Waals surface area (Å²) >= 11 is 5.89. The SMILES string of the molecule is O=C(c1ccc(COc2cc([N+](=O)[O-])ccc2Cl)o1)N1N=CC[C@@]1(O)C(F)(F)F. The quantitative estimate of drug-likeness (QED) is 0.569. The predicted molar refractivity (Wildman–Crippen MR) is 91.4 cm³/mol. The summed E-state index contributed by atoms with van der Waals surface area (Å²) in [6, 6.07) is 5.86. The third kappa shape index (κ3) is 3.89. The van der Waals surface area contributed by atoms with Crippen LogP contribution >= 0.6 is 11.6 Å². The van der Waals surface area contributed by atoms with Gasteiger partial charge in [-0.15, -0.1) is 0 Å². The molecule has 0 unspecified atom stereocenters. The van der Waals surface area contributed by atoms with Gasteiger partial charge in [-0.3, -0.25) is 14.9 Å². The number of alkyl halides is 3. The van der Waals surface area contributed by atoms with Gasteiger partial charge in [-0.1, -0.05) is 11.6 Å². The van der Waals surface area contributed by atoms with E-state index >= 15 is 0 Å². The molecule has 9 nitrogen and oxygen atoms in total. The Morgan fingerprint density at radius 2 is 2.14 bits per heavy atom. The number of nitro benzene ring substituents is 1. The number of hydrazone groups is 1. The zero-order valence-corrected chi connectivity index (χ0v) is 15.0. The number of furan rings is 1. The number of non-ortho nitro benzene ring substituents is 1. The van der Waals surface area contributed by atoms with Crippen molar-refractivity contribution in [3.63, 3.8) is 0 Å². The highest BCUT2D eigenvalue weighted by Gasteiger charge is 2.61. The van der Waals surface area contributed by atoms with E-state index in [0.717, 1.165) is 18.3 Å². The zero-order valence-electron chi connectivity index (χ0n) is 14.2. The highest BCUT2D eigenvalue weighted by atomic mass is 35.5. The molecule has 0 radical (unpaired) electrons. The van der Waals surface area contributed by atoms with Gasteiger partial charge in [-0.25, -0.2) is 0 Å². The smallest absolute Gasteiger partial charge is 0.438 e. The molecule has 1 aromatic heterocycles. The van der Waals surface area contributed by atoms with Crippen LogP contribution < -0.4 is 4.74 Å². The van der Waals surface area contributed by atoms with Gasteiger partial charge in [-0.05, 0) is 18.2 Å². The molecule has 154 valence electrons. The van der Waals surface area contributed by atoms with Crippen LogP contribution in [0.3, 0.4) is 0 Å². The summed E-state index contributed by atoms with van der Waals surface area (Å²) < 4.78 is 49.7. The van der Waals surface area contributed by atoms with Crippen molar-refractivity contribution in [2.24, 2.45) is 5.10 Å². The molecular formula is C16H11ClF3N3O6. The number of nitrogens with zero attached hydrogens (tertiary/aromatic N) is 3. The first-order chi connectivity index (χ1) is 13.5. The molecule has 1 N–H and O–H groups in total. The number of rotatable bonds is 5. The molecule has 1 aliphatic rings. The molecule has 13 heteroatoms. The Labute approximate surface area is 165 Å². The van der Waals surface area contributed by atoms with E-state index in [2.05, 4.69) is 5.10 Å². The maximum absolute atomic E-state index is 13.1. The fourth-order valence-corrected chi connectivity index (χ4v) is 2.60. The van der Waals surface area contributed by atoms with Gasteiger partial charge in [0.2, 0.25) is 0 Å². The Balaban J connectivity index is 1.73. The lowest BCUT2D eigenvalue weighted by Crippen LogP contribution is -2.56. The van der Waals surface area contributed by atoms with Crippen molar-refractivity contribution in [3.8, 4) is 5.75 Å². The average Bonchev–Trinajstić information content (AvgIpc) is 3.27. The van der Waals surface area contributed by atoms with Crippen molar-refractivity contribution < 1.29 is 37.1 Å². The fraction of sp³-hybridized carbons (Fsp3) is 0.250. The summed E-state index contributed by atoms with van der Waals surface area (Å²) in [5.74, 6) is -1.83. The predicted octanol–water partition coefficient (Wildman–Crippen LogP) is 3.50. The van der Waals surface area contributed by atoms with Gasteiger partial charge >= 0.3 is 12.1 Å². The molecule has 3 rings (SSSR count). The lowest BCUT2D eigenvalue weighted by atomic mass is 10.1. The molecule has 0 spiro atoms. The van der Waals surface area contributed by atoms with Crippen LogP contribution in [0.4, 0.5) is 18.9 Å². The van der Waals surface area contributed by atoms with E-state index < -0.39 is 34.9 Å². The molecule has 2 aromatic rings. The number of hydrogen-bond acceptors (Lipinski definition) is 7. The highest BCUT2D eigenvalue weighted by molar-refractivity contribution is 6.32. The number of benzene rings is 1. The third-order valence-corrected chi connectivity index (χ3v) is 4.25. The van der Waals surface area contributed by atoms with E-state index in [0.29, 0.717) is 0 Å². The number of nitro groups is 1. The minimum atomic E-state index is -5.13. The van der Waals surface area contributed by atoms with Crippen molar-refractivity contribution in [1.29, 1.82) is 0 Å². The summed E-state index contributed by atoms with van der Waals surface area (Å²) in [7, 11) is 0. The minimum absolute atomic E-state index is 0.0228. The van der Waals surface area contributed by atoms with Gasteiger partial charge in [0.1, 0.15) is 18.1 Å². The van der Waals surface area contributed by atoms with Crippen LogP contribution in [0.25, 0.3) is 0 Å². The molecule has 0 aliphatic carbocycles. The van der Waals surface area contributed by atoms with Gasteiger partial charge in [-0.2, -0.15) is 23.3 Å². The van der Waals surface area contributed by atoms with E-state index in [1.165, 1.54) is 18.2 Å². The number of amides is 1. The first-order valence-electron chi connectivity index (χ1n) is 7.84. The van der Waals surface area contributed by atoms with Crippen molar-refractivity contribution in [2.45, 2.75) is 24.9 Å². The molecule has 2 heterocycles. The highest BCUT2D eigenvalue weighted by Crippen LogP contribution is 2.39. The van der Waals surface area contributed by atoms with Crippen LogP contribution in [0.15, 0.2) is 39.9 Å². The first-order valence-corrected chi connectivity index (χ1v) is 8.22. The van der Waals surface area contributed by atoms with Gasteiger partial charge in [0.05, 0.1) is 16.0 Å². The summed E-state index contributed by atoms with van der Waals surface area (Å²) in [4.78, 5) is 22.4. The van der Waals surface area contributed by atoms with E-state index in [1.54, 1.807) is 0 Å². The van der Waals surface area contributed by atoms with E-state index in [4.69, 9.17) is 20.8 Å². The van der Waals surface area contributed by atoms with Crippen LogP contribution in [-0.4, -0.2) is 39.1 Å². The molecule has 1 amide bonds. The molecule has 0 fully saturated rings. The number of aliphatic hydroxyl groups is 1.